The van der Waals surface area contributed by atoms with Crippen LogP contribution in [-0.4, -0.2) is 10.2 Å². The largest absolute Gasteiger partial charge is 0.271 e. The van der Waals surface area contributed by atoms with Crippen molar-refractivity contribution in [2.75, 3.05) is 0 Å². The molecule has 3 nitrogen and oxygen atoms in total. The minimum absolute atomic E-state index is 0.178. The van der Waals surface area contributed by atoms with Gasteiger partial charge in [0, 0.05) is 10.4 Å². The maximum atomic E-state index is 11.0. The molecule has 1 heterocycles. The second-order valence-electron chi connectivity index (χ2n) is 2.32. The van der Waals surface area contributed by atoms with Gasteiger partial charge in [-0.3, -0.25) is 4.79 Å². The maximum Gasteiger partial charge on any atom is 0.271 e. The van der Waals surface area contributed by atoms with Gasteiger partial charge in [-0.2, -0.15) is 5.10 Å². The van der Waals surface area contributed by atoms with Gasteiger partial charge in [-0.1, -0.05) is 12.7 Å². The van der Waals surface area contributed by atoms with E-state index in [2.05, 4.69) is 16.8 Å². The molecule has 0 saturated carbocycles. The van der Waals surface area contributed by atoms with Gasteiger partial charge in [0.15, 0.2) is 0 Å². The molecule has 0 aliphatic heterocycles. The molecule has 0 fully saturated rings. The highest BCUT2D eigenvalue weighted by Crippen LogP contribution is 1.66. The lowest BCUT2D eigenvalue weighted by atomic mass is 10.3. The normalized spacial score (nSPS) is 12.0. The van der Waals surface area contributed by atoms with Gasteiger partial charge < -0.3 is 0 Å². The van der Waals surface area contributed by atoms with Crippen LogP contribution in [0.4, 0.5) is 0 Å². The van der Waals surface area contributed by atoms with E-state index in [0.717, 1.165) is 5.69 Å². The van der Waals surface area contributed by atoms with Gasteiger partial charge in [-0.15, -0.1) is 0 Å². The molecule has 0 bridgehead atoms. The topological polar surface area (TPSA) is 45.8 Å². The van der Waals surface area contributed by atoms with Crippen LogP contribution in [0.2, 0.25) is 0 Å². The van der Waals surface area contributed by atoms with Gasteiger partial charge in [0.1, 0.15) is 0 Å². The molecule has 0 amide bonds. The molecule has 0 spiro atoms. The van der Waals surface area contributed by atoms with Crippen molar-refractivity contribution >= 4 is 12.7 Å². The Labute approximate surface area is 64.1 Å². The average Bonchev–Trinajstić information content (AvgIpc) is 1.99. The Bertz CT molecular complexity index is 417. The van der Waals surface area contributed by atoms with Gasteiger partial charge in [-0.25, -0.2) is 5.10 Å². The van der Waals surface area contributed by atoms with Crippen molar-refractivity contribution in [3.8, 4) is 0 Å². The first-order valence-corrected chi connectivity index (χ1v) is 3.37. The first kappa shape index (κ1) is 7.72. The van der Waals surface area contributed by atoms with Crippen molar-refractivity contribution in [3.05, 3.63) is 26.5 Å². The van der Waals surface area contributed by atoms with Crippen LogP contribution in [0.25, 0.3) is 12.7 Å². The van der Waals surface area contributed by atoms with Crippen LogP contribution in [0.3, 0.4) is 0 Å². The second kappa shape index (κ2) is 2.70. The molecule has 58 valence electrons. The lowest BCUT2D eigenvalue weighted by Gasteiger charge is -1.90. The summed E-state index contributed by atoms with van der Waals surface area (Å²) in [5.74, 6) is 0. The van der Waals surface area contributed by atoms with Crippen LogP contribution in [0.15, 0.2) is 4.79 Å². The van der Waals surface area contributed by atoms with E-state index in [1.165, 1.54) is 0 Å². The van der Waals surface area contributed by atoms with E-state index in [1.54, 1.807) is 13.0 Å². The molecule has 0 unspecified atom stereocenters. The summed E-state index contributed by atoms with van der Waals surface area (Å²) in [5, 5.41) is 7.46. The SMILES string of the molecule is C=c1c(C)n[nH]c(=O)/c1=C/C. The molecule has 0 radical (unpaired) electrons. The van der Waals surface area contributed by atoms with Crippen molar-refractivity contribution in [1.29, 1.82) is 0 Å². The second-order valence-corrected chi connectivity index (χ2v) is 2.32. The summed E-state index contributed by atoms with van der Waals surface area (Å²) in [6.07, 6.45) is 1.73. The fourth-order valence-corrected chi connectivity index (χ4v) is 0.900. The van der Waals surface area contributed by atoms with Crippen LogP contribution >= 0.6 is 0 Å². The van der Waals surface area contributed by atoms with Crippen molar-refractivity contribution < 1.29 is 0 Å². The van der Waals surface area contributed by atoms with Gasteiger partial charge in [-0.05, 0) is 13.8 Å². The molecule has 3 heteroatoms. The van der Waals surface area contributed by atoms with Crippen molar-refractivity contribution in [1.82, 2.24) is 10.2 Å². The van der Waals surface area contributed by atoms with Crippen LogP contribution in [0.1, 0.15) is 12.6 Å². The highest BCUT2D eigenvalue weighted by atomic mass is 16.1. The van der Waals surface area contributed by atoms with Crippen molar-refractivity contribution in [2.45, 2.75) is 13.8 Å². The highest BCUT2D eigenvalue weighted by molar-refractivity contribution is 5.23. The number of aromatic amines is 1. The third-order valence-corrected chi connectivity index (χ3v) is 1.62. The highest BCUT2D eigenvalue weighted by Gasteiger charge is 1.92. The van der Waals surface area contributed by atoms with Gasteiger partial charge in [0.2, 0.25) is 0 Å². The zero-order valence-corrected chi connectivity index (χ0v) is 6.64. The van der Waals surface area contributed by atoms with E-state index < -0.39 is 0 Å². The summed E-state index contributed by atoms with van der Waals surface area (Å²) in [4.78, 5) is 11.0. The number of H-pyrrole nitrogens is 1. The number of hydrogen-bond acceptors (Lipinski definition) is 2. The molecule has 1 aromatic rings. The Hall–Kier alpha value is -1.38. The van der Waals surface area contributed by atoms with Gasteiger partial charge in [0.25, 0.3) is 5.56 Å². The van der Waals surface area contributed by atoms with E-state index >= 15 is 0 Å². The van der Waals surface area contributed by atoms with E-state index in [-0.39, 0.29) is 5.56 Å². The number of aryl methyl sites for hydroxylation is 1. The zero-order chi connectivity index (χ0) is 8.43. The molecule has 0 saturated heterocycles. The fraction of sp³-hybridized carbons (Fsp3) is 0.250. The Kier molecular flexibility index (Phi) is 1.89. The third kappa shape index (κ3) is 1.22. The number of rotatable bonds is 0. The summed E-state index contributed by atoms with van der Waals surface area (Å²) in [6, 6.07) is 0. The summed E-state index contributed by atoms with van der Waals surface area (Å²) in [6.45, 7) is 7.35. The zero-order valence-electron chi connectivity index (χ0n) is 6.64. The Morgan fingerprint density at radius 2 is 2.27 bits per heavy atom. The van der Waals surface area contributed by atoms with Crippen LogP contribution < -0.4 is 16.0 Å². The summed E-state index contributed by atoms with van der Waals surface area (Å²) < 4.78 is 0. The number of nitrogens with one attached hydrogen (secondary N) is 1. The molecule has 0 aromatic carbocycles. The average molecular weight is 150 g/mol. The standard InChI is InChI=1S/C8H10N2O/c1-4-7-5(2)6(3)9-10-8(7)11/h4H,2H2,1,3H3,(H,10,11)/b7-4+. The monoisotopic (exact) mass is 150 g/mol. The van der Waals surface area contributed by atoms with E-state index in [4.69, 9.17) is 0 Å². The van der Waals surface area contributed by atoms with Crippen molar-refractivity contribution in [2.24, 2.45) is 0 Å². The Balaban J connectivity index is 3.85. The summed E-state index contributed by atoms with van der Waals surface area (Å²) >= 11 is 0. The smallest absolute Gasteiger partial charge is 0.267 e. The quantitative estimate of drug-likeness (QED) is 0.531. The van der Waals surface area contributed by atoms with Crippen LogP contribution in [0.5, 0.6) is 0 Å². The Morgan fingerprint density at radius 1 is 1.64 bits per heavy atom. The summed E-state index contributed by atoms with van der Waals surface area (Å²) in [7, 11) is 0. The lowest BCUT2D eigenvalue weighted by Crippen LogP contribution is -2.42. The molecule has 0 aliphatic rings. The predicted molar refractivity (Wildman–Crippen MR) is 44.5 cm³/mol. The van der Waals surface area contributed by atoms with Crippen LogP contribution in [0, 0.1) is 6.92 Å². The summed E-state index contributed by atoms with van der Waals surface area (Å²) in [5.41, 5.74) is 0.584. The van der Waals surface area contributed by atoms with Gasteiger partial charge >= 0.3 is 0 Å². The van der Waals surface area contributed by atoms with Gasteiger partial charge in [0.05, 0.1) is 5.69 Å². The molecule has 1 aromatic heterocycles. The molecule has 1 rings (SSSR count). The maximum absolute atomic E-state index is 11.0. The molecular weight excluding hydrogens is 140 g/mol. The predicted octanol–water partition coefficient (Wildman–Crippen LogP) is -0.711. The Morgan fingerprint density at radius 3 is 2.73 bits per heavy atom. The molecule has 11 heavy (non-hydrogen) atoms. The van der Waals surface area contributed by atoms with E-state index in [0.29, 0.717) is 10.4 Å². The minimum Gasteiger partial charge on any atom is -0.267 e. The van der Waals surface area contributed by atoms with E-state index in [1.807, 2.05) is 6.92 Å². The fourth-order valence-electron chi connectivity index (χ4n) is 0.900. The molecule has 0 atom stereocenters. The molecule has 1 N–H and O–H groups in total. The molecular formula is C8H10N2O. The number of hydrogen-bond donors (Lipinski definition) is 1. The first-order chi connectivity index (χ1) is 5.16. The van der Waals surface area contributed by atoms with Crippen molar-refractivity contribution in [3.63, 3.8) is 0 Å². The third-order valence-electron chi connectivity index (χ3n) is 1.62. The van der Waals surface area contributed by atoms with Crippen LogP contribution in [-0.2, 0) is 0 Å². The number of nitrogens with zero attached hydrogens (tertiary/aromatic N) is 1. The first-order valence-electron chi connectivity index (χ1n) is 3.37. The number of aromatic nitrogens is 2. The minimum atomic E-state index is -0.178. The van der Waals surface area contributed by atoms with E-state index in [9.17, 15) is 4.79 Å². The molecule has 0 aliphatic carbocycles. The lowest BCUT2D eigenvalue weighted by molar-refractivity contribution is 0.919.